The summed E-state index contributed by atoms with van der Waals surface area (Å²) >= 11 is 0. The summed E-state index contributed by atoms with van der Waals surface area (Å²) in [5.41, 5.74) is 14.2. The molecule has 146 valence electrons. The van der Waals surface area contributed by atoms with Crippen LogP contribution in [-0.2, 0) is 0 Å². The molecule has 0 aliphatic heterocycles. The SMILES string of the molecule is Cc1cccc(C(C)c2ccc(C(C)c3cccc(C)c3C)c(C)c2C)c1C. The molecule has 0 aliphatic rings. The zero-order valence-electron chi connectivity index (χ0n) is 18.8. The Bertz CT molecular complexity index is 924. The van der Waals surface area contributed by atoms with Gasteiger partial charge in [-0.2, -0.15) is 0 Å². The second kappa shape index (κ2) is 7.95. The smallest absolute Gasteiger partial charge is 0.00664 e. The van der Waals surface area contributed by atoms with Crippen LogP contribution in [0.15, 0.2) is 48.5 Å². The van der Waals surface area contributed by atoms with Gasteiger partial charge in [-0.25, -0.2) is 0 Å². The highest BCUT2D eigenvalue weighted by molar-refractivity contribution is 5.50. The minimum Gasteiger partial charge on any atom is -0.0617 e. The minimum atomic E-state index is 0.406. The van der Waals surface area contributed by atoms with Gasteiger partial charge in [0.05, 0.1) is 0 Å². The first-order valence-corrected chi connectivity index (χ1v) is 10.5. The lowest BCUT2D eigenvalue weighted by atomic mass is 9.80. The molecule has 0 amide bonds. The normalized spacial score (nSPS) is 13.4. The van der Waals surface area contributed by atoms with Crippen molar-refractivity contribution >= 4 is 0 Å². The third kappa shape index (κ3) is 3.53. The van der Waals surface area contributed by atoms with Crippen LogP contribution in [0.25, 0.3) is 0 Å². The Morgan fingerprint density at radius 1 is 0.429 bits per heavy atom. The fourth-order valence-electron chi connectivity index (χ4n) is 4.62. The summed E-state index contributed by atoms with van der Waals surface area (Å²) in [5, 5.41) is 0. The number of hydrogen-bond acceptors (Lipinski definition) is 0. The molecule has 0 heteroatoms. The summed E-state index contributed by atoms with van der Waals surface area (Å²) in [4.78, 5) is 0. The van der Waals surface area contributed by atoms with Crippen LogP contribution in [0.3, 0.4) is 0 Å². The van der Waals surface area contributed by atoms with Gasteiger partial charge in [-0.05, 0) is 97.2 Å². The van der Waals surface area contributed by atoms with E-state index in [9.17, 15) is 0 Å². The van der Waals surface area contributed by atoms with Crippen molar-refractivity contribution < 1.29 is 0 Å². The van der Waals surface area contributed by atoms with Gasteiger partial charge in [-0.3, -0.25) is 0 Å². The van der Waals surface area contributed by atoms with Crippen LogP contribution in [0.5, 0.6) is 0 Å². The Labute approximate surface area is 171 Å². The van der Waals surface area contributed by atoms with Crippen molar-refractivity contribution in [3.63, 3.8) is 0 Å². The number of rotatable bonds is 4. The van der Waals surface area contributed by atoms with Crippen molar-refractivity contribution in [2.24, 2.45) is 0 Å². The van der Waals surface area contributed by atoms with Gasteiger partial charge in [-0.15, -0.1) is 0 Å². The van der Waals surface area contributed by atoms with Gasteiger partial charge in [-0.1, -0.05) is 62.4 Å². The maximum absolute atomic E-state index is 2.37. The fraction of sp³-hybridized carbons (Fsp3) is 0.357. The topological polar surface area (TPSA) is 0 Å². The molecule has 0 nitrogen and oxygen atoms in total. The first kappa shape index (κ1) is 20.4. The second-order valence-electron chi connectivity index (χ2n) is 8.52. The molecule has 0 bridgehead atoms. The van der Waals surface area contributed by atoms with Gasteiger partial charge < -0.3 is 0 Å². The van der Waals surface area contributed by atoms with Crippen molar-refractivity contribution in [1.82, 2.24) is 0 Å². The number of benzene rings is 3. The molecule has 0 radical (unpaired) electrons. The summed E-state index contributed by atoms with van der Waals surface area (Å²) in [7, 11) is 0. The largest absolute Gasteiger partial charge is 0.0617 e. The molecule has 0 aliphatic carbocycles. The lowest BCUT2D eigenvalue weighted by Gasteiger charge is -2.24. The molecule has 2 unspecified atom stereocenters. The third-order valence-electron chi connectivity index (χ3n) is 7.03. The van der Waals surface area contributed by atoms with Crippen LogP contribution in [-0.4, -0.2) is 0 Å². The molecule has 0 N–H and O–H groups in total. The van der Waals surface area contributed by atoms with Crippen molar-refractivity contribution in [3.8, 4) is 0 Å². The van der Waals surface area contributed by atoms with Gasteiger partial charge in [0.2, 0.25) is 0 Å². The third-order valence-corrected chi connectivity index (χ3v) is 7.03. The zero-order chi connectivity index (χ0) is 20.6. The molecule has 0 fully saturated rings. The molecule has 0 spiro atoms. The van der Waals surface area contributed by atoms with E-state index in [0.29, 0.717) is 11.8 Å². The van der Waals surface area contributed by atoms with E-state index in [1.54, 1.807) is 0 Å². The summed E-state index contributed by atoms with van der Waals surface area (Å²) in [6.07, 6.45) is 0. The van der Waals surface area contributed by atoms with Crippen LogP contribution < -0.4 is 0 Å². The lowest BCUT2D eigenvalue weighted by Crippen LogP contribution is -2.08. The van der Waals surface area contributed by atoms with Gasteiger partial charge in [0.1, 0.15) is 0 Å². The highest BCUT2D eigenvalue weighted by Gasteiger charge is 2.19. The Balaban J connectivity index is 2.04. The molecule has 28 heavy (non-hydrogen) atoms. The number of hydrogen-bond donors (Lipinski definition) is 0. The first-order chi connectivity index (χ1) is 13.2. The van der Waals surface area contributed by atoms with Gasteiger partial charge in [0, 0.05) is 11.8 Å². The van der Waals surface area contributed by atoms with Crippen molar-refractivity contribution in [3.05, 3.63) is 104 Å². The molecule has 3 rings (SSSR count). The molecule has 0 saturated carbocycles. The zero-order valence-corrected chi connectivity index (χ0v) is 18.8. The highest BCUT2D eigenvalue weighted by Crippen LogP contribution is 2.36. The Hall–Kier alpha value is -2.34. The van der Waals surface area contributed by atoms with E-state index >= 15 is 0 Å². The summed E-state index contributed by atoms with van der Waals surface area (Å²) in [5.74, 6) is 0.812. The summed E-state index contributed by atoms with van der Waals surface area (Å²) < 4.78 is 0. The highest BCUT2D eigenvalue weighted by atomic mass is 14.2. The molecule has 3 aromatic carbocycles. The summed E-state index contributed by atoms with van der Waals surface area (Å²) in [6.45, 7) is 18.2. The Morgan fingerprint density at radius 2 is 0.750 bits per heavy atom. The van der Waals surface area contributed by atoms with Gasteiger partial charge in [0.15, 0.2) is 0 Å². The standard InChI is InChI=1S/C28H34/c1-17-11-9-13-25(19(17)3)23(7)27-15-16-28(22(6)21(27)5)24(8)26-14-10-12-18(2)20(26)4/h9-16,23-24H,1-8H3. The van der Waals surface area contributed by atoms with Crippen molar-refractivity contribution in [2.45, 2.75) is 67.2 Å². The maximum atomic E-state index is 2.37. The maximum Gasteiger partial charge on any atom is 0.00664 e. The molecular formula is C28H34. The van der Waals surface area contributed by atoms with E-state index in [1.165, 1.54) is 55.6 Å². The monoisotopic (exact) mass is 370 g/mol. The van der Waals surface area contributed by atoms with E-state index in [4.69, 9.17) is 0 Å². The van der Waals surface area contributed by atoms with E-state index in [1.807, 2.05) is 0 Å². The minimum absolute atomic E-state index is 0.406. The lowest BCUT2D eigenvalue weighted by molar-refractivity contribution is 0.863. The fourth-order valence-corrected chi connectivity index (χ4v) is 4.62. The average molecular weight is 371 g/mol. The molecule has 3 aromatic rings. The molecule has 0 saturated heterocycles. The summed E-state index contributed by atoms with van der Waals surface area (Å²) in [6, 6.07) is 18.1. The van der Waals surface area contributed by atoms with E-state index < -0.39 is 0 Å². The van der Waals surface area contributed by atoms with Crippen LogP contribution in [0, 0.1) is 41.5 Å². The van der Waals surface area contributed by atoms with Crippen LogP contribution in [0.2, 0.25) is 0 Å². The molecule has 0 heterocycles. The average Bonchev–Trinajstić information content (AvgIpc) is 2.67. The predicted octanol–water partition coefficient (Wildman–Crippen LogP) is 7.84. The van der Waals surface area contributed by atoms with E-state index in [2.05, 4.69) is 104 Å². The Morgan fingerprint density at radius 3 is 1.11 bits per heavy atom. The first-order valence-electron chi connectivity index (χ1n) is 10.5. The number of aryl methyl sites for hydroxylation is 2. The van der Waals surface area contributed by atoms with Crippen LogP contribution >= 0.6 is 0 Å². The second-order valence-corrected chi connectivity index (χ2v) is 8.52. The van der Waals surface area contributed by atoms with Gasteiger partial charge >= 0.3 is 0 Å². The molecule has 2 atom stereocenters. The van der Waals surface area contributed by atoms with E-state index in [-0.39, 0.29) is 0 Å². The van der Waals surface area contributed by atoms with Crippen LogP contribution in [0.1, 0.15) is 81.3 Å². The van der Waals surface area contributed by atoms with Gasteiger partial charge in [0.25, 0.3) is 0 Å². The van der Waals surface area contributed by atoms with Crippen molar-refractivity contribution in [1.29, 1.82) is 0 Å². The Kier molecular flexibility index (Phi) is 5.79. The van der Waals surface area contributed by atoms with Crippen LogP contribution in [0.4, 0.5) is 0 Å². The van der Waals surface area contributed by atoms with Crippen molar-refractivity contribution in [2.75, 3.05) is 0 Å². The van der Waals surface area contributed by atoms with E-state index in [0.717, 1.165) is 0 Å². The quantitative estimate of drug-likeness (QED) is 0.439. The molecular weight excluding hydrogens is 336 g/mol. The molecule has 0 aromatic heterocycles. The predicted molar refractivity (Wildman–Crippen MR) is 123 cm³/mol.